The van der Waals surface area contributed by atoms with E-state index in [4.69, 9.17) is 9.73 Å². The van der Waals surface area contributed by atoms with Gasteiger partial charge in [-0.3, -0.25) is 23.3 Å². The van der Waals surface area contributed by atoms with Gasteiger partial charge in [0.25, 0.3) is 21.6 Å². The lowest BCUT2D eigenvalue weighted by Gasteiger charge is -2.46. The highest BCUT2D eigenvalue weighted by Crippen LogP contribution is 2.67. The molecule has 2 heterocycles. The molecular formula is C33H47N5O7SSi. The normalized spacial score (nSPS) is 26.2. The zero-order chi connectivity index (χ0) is 33.7. The van der Waals surface area contributed by atoms with E-state index in [2.05, 4.69) is 29.9 Å². The van der Waals surface area contributed by atoms with Crippen LogP contribution in [0.2, 0.25) is 25.7 Å². The molecule has 47 heavy (non-hydrogen) atoms. The minimum atomic E-state index is -4.39. The lowest BCUT2D eigenvalue weighted by molar-refractivity contribution is 0.0951. The first kappa shape index (κ1) is 33.8. The largest absolute Gasteiger partial charge is 0.361 e. The first-order valence-electron chi connectivity index (χ1n) is 16.8. The predicted molar refractivity (Wildman–Crippen MR) is 183 cm³/mol. The van der Waals surface area contributed by atoms with E-state index in [0.29, 0.717) is 37.0 Å². The Bertz CT molecular complexity index is 1770. The minimum Gasteiger partial charge on any atom is -0.361 e. The van der Waals surface area contributed by atoms with Gasteiger partial charge in [-0.05, 0) is 92.0 Å². The fourth-order valence-electron chi connectivity index (χ4n) is 8.69. The van der Waals surface area contributed by atoms with Crippen LogP contribution in [-0.2, 0) is 27.9 Å². The predicted octanol–water partition coefficient (Wildman–Crippen LogP) is 4.13. The van der Waals surface area contributed by atoms with Crippen LogP contribution in [0.5, 0.6) is 0 Å². The molecule has 256 valence electrons. The van der Waals surface area contributed by atoms with Crippen LogP contribution in [0.4, 0.5) is 11.5 Å². The summed E-state index contributed by atoms with van der Waals surface area (Å²) in [6.07, 6.45) is 8.69. The van der Waals surface area contributed by atoms with Gasteiger partial charge in [-0.15, -0.1) is 0 Å². The molecule has 1 aliphatic heterocycles. The molecule has 5 aliphatic rings. The zero-order valence-corrected chi connectivity index (χ0v) is 29.6. The van der Waals surface area contributed by atoms with Gasteiger partial charge in [0.05, 0.1) is 10.9 Å². The number of amides is 1. The SMILES string of the molecule is CCCn1c2c(c(=O)n(CCNC(=O)c3ccc(S(=O)(=O)O)cc3)c1=O)N(COCC[Si](C)(C)C)C(C13CC4CC(CC1C4)C3)C=N2. The van der Waals surface area contributed by atoms with Crippen LogP contribution in [0.1, 0.15) is 55.8 Å². The van der Waals surface area contributed by atoms with Gasteiger partial charge in [-0.1, -0.05) is 26.6 Å². The molecule has 2 N–H and O–H groups in total. The van der Waals surface area contributed by atoms with E-state index >= 15 is 0 Å². The van der Waals surface area contributed by atoms with Crippen molar-refractivity contribution in [3.63, 3.8) is 0 Å². The van der Waals surface area contributed by atoms with E-state index in [9.17, 15) is 27.4 Å². The number of rotatable bonds is 13. The van der Waals surface area contributed by atoms with Gasteiger partial charge in [0.1, 0.15) is 12.4 Å². The van der Waals surface area contributed by atoms with Crippen LogP contribution in [0.25, 0.3) is 0 Å². The van der Waals surface area contributed by atoms with Crippen LogP contribution < -0.4 is 21.5 Å². The Labute approximate surface area is 277 Å². The molecule has 4 aliphatic carbocycles. The van der Waals surface area contributed by atoms with Crippen molar-refractivity contribution in [3.05, 3.63) is 50.7 Å². The number of aliphatic imine (C=N–C) groups is 1. The Morgan fingerprint density at radius 2 is 1.74 bits per heavy atom. The Hall–Kier alpha value is -3.07. The third-order valence-electron chi connectivity index (χ3n) is 10.7. The quantitative estimate of drug-likeness (QED) is 0.182. The van der Waals surface area contributed by atoms with Crippen LogP contribution in [0.15, 0.2) is 43.7 Å². The molecule has 3 unspecified atom stereocenters. The third kappa shape index (κ3) is 6.53. The van der Waals surface area contributed by atoms with E-state index in [1.807, 2.05) is 13.1 Å². The number of carbonyl (C=O) groups is 1. The average Bonchev–Trinajstić information content (AvgIpc) is 3.41. The molecule has 4 bridgehead atoms. The fourth-order valence-corrected chi connectivity index (χ4v) is 9.93. The minimum absolute atomic E-state index is 0.00623. The van der Waals surface area contributed by atoms with E-state index < -0.39 is 35.3 Å². The van der Waals surface area contributed by atoms with Crippen molar-refractivity contribution >= 4 is 41.8 Å². The van der Waals surface area contributed by atoms with Crippen LogP contribution >= 0.6 is 0 Å². The fraction of sp³-hybridized carbons (Fsp3) is 0.636. The summed E-state index contributed by atoms with van der Waals surface area (Å²) < 4.78 is 41.0. The Morgan fingerprint density at radius 1 is 1.06 bits per heavy atom. The summed E-state index contributed by atoms with van der Waals surface area (Å²) in [7, 11) is -5.73. The molecular weight excluding hydrogens is 639 g/mol. The van der Waals surface area contributed by atoms with Crippen molar-refractivity contribution in [2.75, 3.05) is 24.8 Å². The maximum Gasteiger partial charge on any atom is 0.332 e. The molecule has 3 atom stereocenters. The maximum absolute atomic E-state index is 14.4. The second-order valence-electron chi connectivity index (χ2n) is 15.1. The standard InChI is InChI=1S/C33H47N5O7SSi/c1-5-11-36-29-28(31(40)37(32(36)41)12-10-34-30(39)24-6-8-26(9-7-24)46(42,43)44)38(21-45-13-14-47(2,3)4)27(20-35-29)33-18-22-15-23(19-33)17-25(33)16-22/h6-9,20,22-23,25,27H,5,10-19,21H2,1-4H3,(H,34,39)(H,42,43,44). The summed E-state index contributed by atoms with van der Waals surface area (Å²) in [6, 6.07) is 5.77. The summed E-state index contributed by atoms with van der Waals surface area (Å²) in [4.78, 5) is 47.7. The number of aromatic nitrogens is 2. The number of anilines is 1. The summed E-state index contributed by atoms with van der Waals surface area (Å²) in [5.41, 5.74) is -0.298. The summed E-state index contributed by atoms with van der Waals surface area (Å²) in [6.45, 7) is 10.1. The van der Waals surface area contributed by atoms with Gasteiger partial charge < -0.3 is 15.0 Å². The number of nitrogens with one attached hydrogen (secondary N) is 1. The number of hydrogen-bond donors (Lipinski definition) is 2. The number of nitrogens with zero attached hydrogens (tertiary/aromatic N) is 4. The van der Waals surface area contributed by atoms with Gasteiger partial charge in [-0.25, -0.2) is 9.79 Å². The topological polar surface area (TPSA) is 152 Å². The lowest BCUT2D eigenvalue weighted by Crippen LogP contribution is -2.56. The zero-order valence-electron chi connectivity index (χ0n) is 27.8. The molecule has 7 rings (SSSR count). The monoisotopic (exact) mass is 685 g/mol. The van der Waals surface area contributed by atoms with Crippen molar-refractivity contribution in [3.8, 4) is 0 Å². The lowest BCUT2D eigenvalue weighted by atomic mass is 9.70. The van der Waals surface area contributed by atoms with Crippen molar-refractivity contribution < 1.29 is 22.5 Å². The van der Waals surface area contributed by atoms with Crippen LogP contribution in [0, 0.1) is 23.2 Å². The number of benzene rings is 1. The summed E-state index contributed by atoms with van der Waals surface area (Å²) in [5, 5.41) is 2.73. The van der Waals surface area contributed by atoms with Gasteiger partial charge in [0, 0.05) is 46.1 Å². The molecule has 0 radical (unpaired) electrons. The molecule has 1 aromatic heterocycles. The molecule has 12 nitrogen and oxygen atoms in total. The van der Waals surface area contributed by atoms with Crippen molar-refractivity contribution in [2.45, 2.75) is 95.2 Å². The van der Waals surface area contributed by atoms with Gasteiger partial charge >= 0.3 is 5.69 Å². The van der Waals surface area contributed by atoms with Crippen molar-refractivity contribution in [2.24, 2.45) is 28.2 Å². The second kappa shape index (κ2) is 12.8. The van der Waals surface area contributed by atoms with Gasteiger partial charge in [0.2, 0.25) is 0 Å². The highest BCUT2D eigenvalue weighted by atomic mass is 32.2. The molecule has 4 fully saturated rings. The highest BCUT2D eigenvalue weighted by Gasteiger charge is 2.62. The van der Waals surface area contributed by atoms with Crippen LogP contribution in [-0.4, -0.2) is 68.2 Å². The highest BCUT2D eigenvalue weighted by molar-refractivity contribution is 7.85. The molecule has 0 saturated heterocycles. The van der Waals surface area contributed by atoms with Crippen LogP contribution in [0.3, 0.4) is 0 Å². The van der Waals surface area contributed by atoms with E-state index in [1.54, 1.807) is 4.57 Å². The average molecular weight is 686 g/mol. The number of carbonyl (C=O) groups excluding carboxylic acids is 1. The molecule has 1 amide bonds. The van der Waals surface area contributed by atoms with Gasteiger partial charge in [0.15, 0.2) is 5.82 Å². The smallest absolute Gasteiger partial charge is 0.332 e. The number of fused-ring (bicyclic) bond motifs is 1. The third-order valence-corrected chi connectivity index (χ3v) is 13.3. The summed E-state index contributed by atoms with van der Waals surface area (Å²) >= 11 is 0. The first-order chi connectivity index (χ1) is 22.2. The Balaban J connectivity index is 1.31. The molecule has 4 saturated carbocycles. The first-order valence-corrected chi connectivity index (χ1v) is 22.0. The Kier molecular flexibility index (Phi) is 9.17. The van der Waals surface area contributed by atoms with Crippen molar-refractivity contribution in [1.29, 1.82) is 0 Å². The summed E-state index contributed by atoms with van der Waals surface area (Å²) in [5.74, 6) is 1.91. The molecule has 14 heteroatoms. The maximum atomic E-state index is 14.4. The van der Waals surface area contributed by atoms with Gasteiger partial charge in [-0.2, -0.15) is 8.42 Å². The Morgan fingerprint density at radius 3 is 2.36 bits per heavy atom. The van der Waals surface area contributed by atoms with E-state index in [1.165, 1.54) is 36.0 Å². The van der Waals surface area contributed by atoms with E-state index in [0.717, 1.165) is 42.9 Å². The second-order valence-corrected chi connectivity index (χ2v) is 22.2. The van der Waals surface area contributed by atoms with Crippen molar-refractivity contribution in [1.82, 2.24) is 14.5 Å². The molecule has 0 spiro atoms. The number of hydrogen-bond acceptors (Lipinski definition) is 8. The van der Waals surface area contributed by atoms with E-state index in [-0.39, 0.29) is 41.7 Å². The molecule has 1 aromatic carbocycles. The number of ether oxygens (including phenoxy) is 1. The molecule has 2 aromatic rings.